The van der Waals surface area contributed by atoms with Gasteiger partial charge in [-0.15, -0.1) is 17.9 Å². The molecular formula is C17H18N2O2S. The van der Waals surface area contributed by atoms with Crippen molar-refractivity contribution < 1.29 is 4.79 Å². The first-order valence-electron chi connectivity index (χ1n) is 7.37. The molecule has 1 aliphatic carbocycles. The zero-order valence-electron chi connectivity index (χ0n) is 12.4. The fourth-order valence-electron chi connectivity index (χ4n) is 2.60. The van der Waals surface area contributed by atoms with Crippen LogP contribution in [0.3, 0.4) is 0 Å². The Kier molecular flexibility index (Phi) is 3.98. The van der Waals surface area contributed by atoms with Gasteiger partial charge in [0.1, 0.15) is 5.56 Å². The van der Waals surface area contributed by atoms with E-state index in [0.717, 1.165) is 23.4 Å². The van der Waals surface area contributed by atoms with Gasteiger partial charge in [0.15, 0.2) is 0 Å². The number of aryl methyl sites for hydroxylation is 2. The predicted molar refractivity (Wildman–Crippen MR) is 89.5 cm³/mol. The van der Waals surface area contributed by atoms with Crippen LogP contribution in [0.25, 0.3) is 10.6 Å². The standard InChI is InChI=1S/C17H18N2O2S/c1-3-10(2)18-16(20)12-7-8-13(19-17(12)21)15-9-11-5-4-6-14(11)22-15/h3,7-10H,1,4-6H2,2H3,(H,18,20)(H,19,21)/t10-/m0/s1. The molecule has 2 heterocycles. The minimum Gasteiger partial charge on any atom is -0.346 e. The number of hydrogen-bond donors (Lipinski definition) is 2. The van der Waals surface area contributed by atoms with Crippen LogP contribution in [0.2, 0.25) is 0 Å². The topological polar surface area (TPSA) is 62.0 Å². The molecule has 2 N–H and O–H groups in total. The van der Waals surface area contributed by atoms with Crippen LogP contribution >= 0.6 is 11.3 Å². The van der Waals surface area contributed by atoms with Crippen molar-refractivity contribution in [1.29, 1.82) is 0 Å². The zero-order valence-corrected chi connectivity index (χ0v) is 13.3. The van der Waals surface area contributed by atoms with Crippen LogP contribution in [0.4, 0.5) is 0 Å². The molecule has 0 saturated carbocycles. The summed E-state index contributed by atoms with van der Waals surface area (Å²) in [6.07, 6.45) is 5.09. The maximum absolute atomic E-state index is 12.2. The summed E-state index contributed by atoms with van der Waals surface area (Å²) in [4.78, 5) is 29.5. The Labute approximate surface area is 132 Å². The van der Waals surface area contributed by atoms with Gasteiger partial charge in [0.25, 0.3) is 11.5 Å². The Bertz CT molecular complexity index is 767. The second-order valence-electron chi connectivity index (χ2n) is 5.53. The summed E-state index contributed by atoms with van der Waals surface area (Å²) in [5.74, 6) is -0.381. The molecule has 2 aromatic heterocycles. The molecule has 0 aliphatic heterocycles. The highest BCUT2D eigenvalue weighted by Crippen LogP contribution is 2.35. The van der Waals surface area contributed by atoms with Crippen molar-refractivity contribution in [3.63, 3.8) is 0 Å². The highest BCUT2D eigenvalue weighted by molar-refractivity contribution is 7.15. The molecule has 1 atom stereocenters. The molecule has 0 fully saturated rings. The Morgan fingerprint density at radius 2 is 2.27 bits per heavy atom. The quantitative estimate of drug-likeness (QED) is 0.852. The molecule has 22 heavy (non-hydrogen) atoms. The van der Waals surface area contributed by atoms with Crippen LogP contribution < -0.4 is 10.9 Å². The molecular weight excluding hydrogens is 296 g/mol. The Hall–Kier alpha value is -2.14. The lowest BCUT2D eigenvalue weighted by molar-refractivity contribution is 0.0945. The van der Waals surface area contributed by atoms with E-state index in [9.17, 15) is 9.59 Å². The number of thiophene rings is 1. The third kappa shape index (κ3) is 2.76. The molecule has 3 rings (SSSR count). The summed E-state index contributed by atoms with van der Waals surface area (Å²) >= 11 is 1.73. The van der Waals surface area contributed by atoms with E-state index in [-0.39, 0.29) is 23.1 Å². The van der Waals surface area contributed by atoms with Crippen LogP contribution in [-0.4, -0.2) is 16.9 Å². The highest BCUT2D eigenvalue weighted by Gasteiger charge is 2.17. The molecule has 0 bridgehead atoms. The van der Waals surface area contributed by atoms with Crippen molar-refractivity contribution >= 4 is 17.2 Å². The van der Waals surface area contributed by atoms with Gasteiger partial charge in [-0.1, -0.05) is 6.08 Å². The van der Waals surface area contributed by atoms with Crippen LogP contribution in [0, 0.1) is 0 Å². The number of amides is 1. The molecule has 0 saturated heterocycles. The number of hydrogen-bond acceptors (Lipinski definition) is 3. The summed E-state index contributed by atoms with van der Waals surface area (Å²) in [6.45, 7) is 5.41. The van der Waals surface area contributed by atoms with E-state index in [1.165, 1.54) is 16.9 Å². The first-order valence-corrected chi connectivity index (χ1v) is 8.19. The molecule has 0 spiro atoms. The van der Waals surface area contributed by atoms with E-state index >= 15 is 0 Å². The number of H-pyrrole nitrogens is 1. The van der Waals surface area contributed by atoms with E-state index in [1.54, 1.807) is 36.5 Å². The summed E-state index contributed by atoms with van der Waals surface area (Å²) in [5, 5.41) is 2.70. The summed E-state index contributed by atoms with van der Waals surface area (Å²) in [6, 6.07) is 5.37. The average Bonchev–Trinajstić information content (AvgIpc) is 3.07. The van der Waals surface area contributed by atoms with Crippen molar-refractivity contribution in [3.8, 4) is 10.6 Å². The van der Waals surface area contributed by atoms with Gasteiger partial charge in [-0.2, -0.15) is 0 Å². The fourth-order valence-corrected chi connectivity index (χ4v) is 3.84. The minimum absolute atomic E-state index is 0.126. The molecule has 114 valence electrons. The molecule has 0 unspecified atom stereocenters. The number of pyridine rings is 1. The van der Waals surface area contributed by atoms with E-state index in [4.69, 9.17) is 0 Å². The van der Waals surface area contributed by atoms with E-state index in [0.29, 0.717) is 0 Å². The van der Waals surface area contributed by atoms with Gasteiger partial charge < -0.3 is 10.3 Å². The number of aromatic nitrogens is 1. The molecule has 1 amide bonds. The maximum atomic E-state index is 12.2. The van der Waals surface area contributed by atoms with Gasteiger partial charge in [-0.05, 0) is 49.9 Å². The molecule has 1 aliphatic rings. The van der Waals surface area contributed by atoms with Gasteiger partial charge >= 0.3 is 0 Å². The van der Waals surface area contributed by atoms with Gasteiger partial charge in [0.05, 0.1) is 10.6 Å². The number of rotatable bonds is 4. The monoisotopic (exact) mass is 314 g/mol. The third-order valence-electron chi connectivity index (χ3n) is 3.88. The van der Waals surface area contributed by atoms with Crippen LogP contribution in [0.5, 0.6) is 0 Å². The van der Waals surface area contributed by atoms with Crippen LogP contribution in [0.15, 0.2) is 35.6 Å². The van der Waals surface area contributed by atoms with Crippen molar-refractivity contribution in [2.24, 2.45) is 0 Å². The number of carbonyl (C=O) groups is 1. The highest BCUT2D eigenvalue weighted by atomic mass is 32.1. The Morgan fingerprint density at radius 3 is 2.95 bits per heavy atom. The van der Waals surface area contributed by atoms with E-state index in [1.807, 2.05) is 0 Å². The smallest absolute Gasteiger partial charge is 0.261 e. The average molecular weight is 314 g/mol. The number of carbonyl (C=O) groups excluding carboxylic acids is 1. The first kappa shape index (κ1) is 14.8. The summed E-state index contributed by atoms with van der Waals surface area (Å²) in [7, 11) is 0. The van der Waals surface area contributed by atoms with E-state index in [2.05, 4.69) is 22.9 Å². The normalized spacial score (nSPS) is 14.4. The van der Waals surface area contributed by atoms with Crippen molar-refractivity contribution in [1.82, 2.24) is 10.3 Å². The SMILES string of the molecule is C=C[C@H](C)NC(=O)c1ccc(-c2cc3c(s2)CCC3)[nH]c1=O. The minimum atomic E-state index is -0.381. The first-order chi connectivity index (χ1) is 10.6. The van der Waals surface area contributed by atoms with Gasteiger partial charge in [0, 0.05) is 10.9 Å². The maximum Gasteiger partial charge on any atom is 0.261 e. The lowest BCUT2D eigenvalue weighted by Gasteiger charge is -2.08. The summed E-state index contributed by atoms with van der Waals surface area (Å²) < 4.78 is 0. The molecule has 5 heteroatoms. The third-order valence-corrected chi connectivity index (χ3v) is 5.15. The van der Waals surface area contributed by atoms with Crippen molar-refractivity contribution in [2.45, 2.75) is 32.2 Å². The van der Waals surface area contributed by atoms with Crippen molar-refractivity contribution in [2.75, 3.05) is 0 Å². The predicted octanol–water partition coefficient (Wildman–Crippen LogP) is 2.90. The lowest BCUT2D eigenvalue weighted by Crippen LogP contribution is -2.34. The van der Waals surface area contributed by atoms with Gasteiger partial charge in [-0.25, -0.2) is 0 Å². The number of aromatic amines is 1. The zero-order chi connectivity index (χ0) is 15.7. The molecule has 4 nitrogen and oxygen atoms in total. The van der Waals surface area contributed by atoms with Crippen LogP contribution in [-0.2, 0) is 12.8 Å². The number of nitrogens with one attached hydrogen (secondary N) is 2. The molecule has 0 radical (unpaired) electrons. The van der Waals surface area contributed by atoms with Crippen molar-refractivity contribution in [3.05, 3.63) is 57.2 Å². The van der Waals surface area contributed by atoms with Crippen LogP contribution in [0.1, 0.15) is 34.1 Å². The van der Waals surface area contributed by atoms with Gasteiger partial charge in [-0.3, -0.25) is 9.59 Å². The second kappa shape index (κ2) is 5.93. The van der Waals surface area contributed by atoms with E-state index < -0.39 is 0 Å². The fraction of sp³-hybridized carbons (Fsp3) is 0.294. The largest absolute Gasteiger partial charge is 0.346 e. The summed E-state index contributed by atoms with van der Waals surface area (Å²) in [5.41, 5.74) is 1.93. The van der Waals surface area contributed by atoms with Gasteiger partial charge in [0.2, 0.25) is 0 Å². The number of fused-ring (bicyclic) bond motifs is 1. The molecule has 2 aromatic rings. The second-order valence-corrected chi connectivity index (χ2v) is 6.66. The Balaban J connectivity index is 1.87. The molecule has 0 aromatic carbocycles. The Morgan fingerprint density at radius 1 is 1.45 bits per heavy atom. The lowest BCUT2D eigenvalue weighted by atomic mass is 10.2.